The summed E-state index contributed by atoms with van der Waals surface area (Å²) < 4.78 is 16.9. The molecular weight excluding hydrogens is 424 g/mol. The van der Waals surface area contributed by atoms with E-state index in [9.17, 15) is 4.79 Å². The number of hydrogen-bond donors (Lipinski definition) is 0. The van der Waals surface area contributed by atoms with Crippen molar-refractivity contribution in [2.24, 2.45) is 5.92 Å². The molecule has 0 radical (unpaired) electrons. The fourth-order valence-corrected chi connectivity index (χ4v) is 3.40. The summed E-state index contributed by atoms with van der Waals surface area (Å²) in [6.07, 6.45) is 2.19. The van der Waals surface area contributed by atoms with Crippen LogP contribution < -0.4 is 9.47 Å². The predicted molar refractivity (Wildman–Crippen MR) is 138 cm³/mol. The topological polar surface area (TPSA) is 44.8 Å². The second kappa shape index (κ2) is 11.6. The van der Waals surface area contributed by atoms with Gasteiger partial charge in [-0.05, 0) is 73.2 Å². The van der Waals surface area contributed by atoms with Gasteiger partial charge in [0.05, 0.1) is 6.61 Å². The third-order valence-corrected chi connectivity index (χ3v) is 5.48. The molecule has 0 heterocycles. The van der Waals surface area contributed by atoms with Gasteiger partial charge in [0, 0.05) is 0 Å². The van der Waals surface area contributed by atoms with Crippen LogP contribution in [0.5, 0.6) is 11.5 Å². The number of hydrogen-bond acceptors (Lipinski definition) is 4. The largest absolute Gasteiger partial charge is 0.489 e. The number of carbonyl (C=O) groups is 1. The van der Waals surface area contributed by atoms with Crippen molar-refractivity contribution < 1.29 is 19.0 Å². The van der Waals surface area contributed by atoms with Crippen molar-refractivity contribution in [2.75, 3.05) is 13.2 Å². The molecule has 0 saturated carbocycles. The highest BCUT2D eigenvalue weighted by molar-refractivity contribution is 5.79. The molecule has 0 aliphatic heterocycles. The van der Waals surface area contributed by atoms with Crippen molar-refractivity contribution in [1.29, 1.82) is 0 Å². The predicted octanol–water partition coefficient (Wildman–Crippen LogP) is 7.19. The van der Waals surface area contributed by atoms with Gasteiger partial charge < -0.3 is 14.2 Å². The summed E-state index contributed by atoms with van der Waals surface area (Å²) in [5.41, 5.74) is 3.72. The molecule has 3 rings (SSSR count). The zero-order valence-electron chi connectivity index (χ0n) is 20.7. The fraction of sp³-hybridized carbons (Fsp3) is 0.300. The van der Waals surface area contributed by atoms with Crippen LogP contribution in [0.25, 0.3) is 17.2 Å². The zero-order valence-corrected chi connectivity index (χ0v) is 20.7. The molecule has 0 fully saturated rings. The molecule has 178 valence electrons. The minimum absolute atomic E-state index is 0.321. The Labute approximate surface area is 203 Å². The molecule has 0 atom stereocenters. The summed E-state index contributed by atoms with van der Waals surface area (Å²) in [6, 6.07) is 26.3. The van der Waals surface area contributed by atoms with Gasteiger partial charge in [-0.25, -0.2) is 4.79 Å². The van der Waals surface area contributed by atoms with Crippen molar-refractivity contribution in [3.05, 3.63) is 90.0 Å². The molecule has 3 aromatic rings. The van der Waals surface area contributed by atoms with Gasteiger partial charge in [-0.2, -0.15) is 0 Å². The number of esters is 1. The highest BCUT2D eigenvalue weighted by atomic mass is 16.6. The second-order valence-corrected chi connectivity index (χ2v) is 8.95. The van der Waals surface area contributed by atoms with E-state index in [0.29, 0.717) is 24.9 Å². The van der Waals surface area contributed by atoms with Gasteiger partial charge in [-0.15, -0.1) is 0 Å². The van der Waals surface area contributed by atoms with Crippen molar-refractivity contribution in [2.45, 2.75) is 40.2 Å². The summed E-state index contributed by atoms with van der Waals surface area (Å²) in [5.74, 6) is 1.29. The van der Waals surface area contributed by atoms with Gasteiger partial charge in [0.25, 0.3) is 0 Å². The minimum Gasteiger partial charge on any atom is -0.489 e. The lowest BCUT2D eigenvalue weighted by molar-refractivity contribution is -0.158. The lowest BCUT2D eigenvalue weighted by Crippen LogP contribution is -2.39. The van der Waals surface area contributed by atoms with Gasteiger partial charge >= 0.3 is 5.97 Å². The number of ether oxygens (including phenoxy) is 3. The van der Waals surface area contributed by atoms with Crippen LogP contribution in [0.1, 0.15) is 40.2 Å². The Hall–Kier alpha value is -3.53. The van der Waals surface area contributed by atoms with Crippen LogP contribution in [0.4, 0.5) is 0 Å². The Morgan fingerprint density at radius 2 is 1.44 bits per heavy atom. The second-order valence-electron chi connectivity index (χ2n) is 8.95. The molecule has 0 saturated heterocycles. The molecule has 0 aliphatic carbocycles. The highest BCUT2D eigenvalue weighted by Gasteiger charge is 2.31. The molecule has 0 unspecified atom stereocenters. The summed E-state index contributed by atoms with van der Waals surface area (Å²) in [5, 5.41) is 0. The first-order chi connectivity index (χ1) is 16.3. The average Bonchev–Trinajstić information content (AvgIpc) is 2.83. The molecule has 3 aromatic carbocycles. The average molecular weight is 459 g/mol. The SMILES string of the molecule is CCOC(=O)C(C)(C)Oc1ccc(OC/C(=C/c2ccc(-c3ccccc3)cc2)C(C)C)cc1. The van der Waals surface area contributed by atoms with E-state index in [0.717, 1.165) is 11.3 Å². The maximum atomic E-state index is 12.0. The summed E-state index contributed by atoms with van der Waals surface area (Å²) >= 11 is 0. The molecular formula is C30H34O4. The van der Waals surface area contributed by atoms with E-state index in [1.54, 1.807) is 32.9 Å². The normalized spacial score (nSPS) is 11.9. The lowest BCUT2D eigenvalue weighted by Gasteiger charge is -2.24. The van der Waals surface area contributed by atoms with Crippen molar-refractivity contribution in [1.82, 2.24) is 0 Å². The Kier molecular flexibility index (Phi) is 8.53. The van der Waals surface area contributed by atoms with Crippen molar-refractivity contribution >= 4 is 12.0 Å². The van der Waals surface area contributed by atoms with Gasteiger partial charge in [-0.1, -0.05) is 74.5 Å². The molecule has 0 aliphatic rings. The van der Waals surface area contributed by atoms with Gasteiger partial charge in [-0.3, -0.25) is 0 Å². The first-order valence-electron chi connectivity index (χ1n) is 11.7. The van der Waals surface area contributed by atoms with E-state index in [1.165, 1.54) is 16.7 Å². The van der Waals surface area contributed by atoms with Crippen LogP contribution in [0.15, 0.2) is 84.4 Å². The van der Waals surface area contributed by atoms with Crippen molar-refractivity contribution in [3.8, 4) is 22.6 Å². The molecule has 4 heteroatoms. The minimum atomic E-state index is -1.05. The van der Waals surface area contributed by atoms with E-state index >= 15 is 0 Å². The van der Waals surface area contributed by atoms with Crippen LogP contribution in [0, 0.1) is 5.92 Å². The first-order valence-corrected chi connectivity index (χ1v) is 11.7. The smallest absolute Gasteiger partial charge is 0.349 e. The van der Waals surface area contributed by atoms with E-state index < -0.39 is 5.60 Å². The fourth-order valence-electron chi connectivity index (χ4n) is 3.40. The van der Waals surface area contributed by atoms with E-state index in [1.807, 2.05) is 18.2 Å². The number of benzene rings is 3. The maximum absolute atomic E-state index is 12.0. The molecule has 0 spiro atoms. The van der Waals surface area contributed by atoms with Crippen LogP contribution in [0.2, 0.25) is 0 Å². The Bertz CT molecular complexity index is 1080. The van der Waals surface area contributed by atoms with E-state index in [2.05, 4.69) is 68.5 Å². The van der Waals surface area contributed by atoms with Gasteiger partial charge in [0.15, 0.2) is 5.60 Å². The highest BCUT2D eigenvalue weighted by Crippen LogP contribution is 2.25. The van der Waals surface area contributed by atoms with Gasteiger partial charge in [0.2, 0.25) is 0 Å². The van der Waals surface area contributed by atoms with E-state index in [-0.39, 0.29) is 5.97 Å². The number of carbonyl (C=O) groups excluding carboxylic acids is 1. The Morgan fingerprint density at radius 3 is 2.03 bits per heavy atom. The monoisotopic (exact) mass is 458 g/mol. The molecule has 0 N–H and O–H groups in total. The van der Waals surface area contributed by atoms with Crippen LogP contribution in [-0.4, -0.2) is 24.8 Å². The Balaban J connectivity index is 1.63. The summed E-state index contributed by atoms with van der Waals surface area (Å²) in [7, 11) is 0. The van der Waals surface area contributed by atoms with Crippen molar-refractivity contribution in [3.63, 3.8) is 0 Å². The third kappa shape index (κ3) is 6.98. The van der Waals surface area contributed by atoms with Crippen LogP contribution in [0.3, 0.4) is 0 Å². The van der Waals surface area contributed by atoms with Crippen LogP contribution in [-0.2, 0) is 9.53 Å². The maximum Gasteiger partial charge on any atom is 0.349 e. The summed E-state index contributed by atoms with van der Waals surface area (Å²) in [6.45, 7) is 10.3. The van der Waals surface area contributed by atoms with Gasteiger partial charge in [0.1, 0.15) is 18.1 Å². The van der Waals surface area contributed by atoms with Crippen LogP contribution >= 0.6 is 0 Å². The summed E-state index contributed by atoms with van der Waals surface area (Å²) in [4.78, 5) is 12.0. The molecule has 4 nitrogen and oxygen atoms in total. The first kappa shape index (κ1) is 25.1. The third-order valence-electron chi connectivity index (χ3n) is 5.48. The molecule has 0 amide bonds. The molecule has 34 heavy (non-hydrogen) atoms. The number of rotatable bonds is 10. The standard InChI is InChI=1S/C30H34O4/c1-6-32-29(31)30(4,5)34-28-18-16-27(17-19-28)33-21-26(22(2)3)20-23-12-14-25(15-13-23)24-10-8-7-9-11-24/h7-20,22H,6,21H2,1-5H3/b26-20-. The Morgan fingerprint density at radius 1 is 0.853 bits per heavy atom. The quantitative estimate of drug-likeness (QED) is 0.302. The molecule has 0 bridgehead atoms. The lowest BCUT2D eigenvalue weighted by atomic mass is 9.99. The molecule has 0 aromatic heterocycles. The zero-order chi connectivity index (χ0) is 24.6. The van der Waals surface area contributed by atoms with E-state index in [4.69, 9.17) is 14.2 Å².